The van der Waals surface area contributed by atoms with Crippen LogP contribution in [0.2, 0.25) is 0 Å². The number of carbonyl (C=O) groups excluding carboxylic acids is 4. The van der Waals surface area contributed by atoms with E-state index in [2.05, 4.69) is 11.9 Å². The average molecular weight is 404 g/mol. The van der Waals surface area contributed by atoms with E-state index in [0.717, 1.165) is 17.7 Å². The highest BCUT2D eigenvalue weighted by atomic mass is 16.5. The summed E-state index contributed by atoms with van der Waals surface area (Å²) in [5, 5.41) is 2.85. The number of ether oxygens (including phenoxy) is 1. The summed E-state index contributed by atoms with van der Waals surface area (Å²) in [7, 11) is 0. The summed E-state index contributed by atoms with van der Waals surface area (Å²) in [5.41, 5.74) is 1.00. The molecule has 3 amide bonds. The minimum absolute atomic E-state index is 0.0869. The van der Waals surface area contributed by atoms with Crippen LogP contribution < -0.4 is 5.32 Å². The van der Waals surface area contributed by atoms with Crippen molar-refractivity contribution in [3.63, 3.8) is 0 Å². The van der Waals surface area contributed by atoms with Gasteiger partial charge in [0.05, 0.1) is 16.7 Å². The molecule has 2 aromatic carbocycles. The van der Waals surface area contributed by atoms with E-state index >= 15 is 0 Å². The van der Waals surface area contributed by atoms with Crippen molar-refractivity contribution in [2.24, 2.45) is 0 Å². The molecule has 1 aliphatic carbocycles. The highest BCUT2D eigenvalue weighted by molar-refractivity contribution is 6.22. The van der Waals surface area contributed by atoms with Crippen molar-refractivity contribution in [3.05, 3.63) is 83.4 Å². The van der Waals surface area contributed by atoms with Crippen LogP contribution in [0.4, 0.5) is 0 Å². The van der Waals surface area contributed by atoms with E-state index < -0.39 is 23.9 Å². The van der Waals surface area contributed by atoms with Gasteiger partial charge < -0.3 is 10.1 Å². The number of benzene rings is 2. The van der Waals surface area contributed by atoms with Crippen molar-refractivity contribution < 1.29 is 23.9 Å². The van der Waals surface area contributed by atoms with Gasteiger partial charge in [-0.1, -0.05) is 36.4 Å². The van der Waals surface area contributed by atoms with Gasteiger partial charge in [0, 0.05) is 18.2 Å². The summed E-state index contributed by atoms with van der Waals surface area (Å²) in [6.07, 6.45) is 2.16. The van der Waals surface area contributed by atoms with Crippen molar-refractivity contribution in [1.82, 2.24) is 10.2 Å². The lowest BCUT2D eigenvalue weighted by Gasteiger charge is -2.18. The number of hydrogen-bond donors (Lipinski definition) is 1. The Bertz CT molecular complexity index is 1040. The van der Waals surface area contributed by atoms with Crippen LogP contribution in [-0.2, 0) is 9.53 Å². The molecule has 0 spiro atoms. The van der Waals surface area contributed by atoms with Crippen molar-refractivity contribution in [2.45, 2.75) is 25.0 Å². The van der Waals surface area contributed by atoms with Gasteiger partial charge in [-0.2, -0.15) is 0 Å². The molecule has 1 N–H and O–H groups in total. The molecule has 0 aromatic heterocycles. The second-order valence-corrected chi connectivity index (χ2v) is 7.25. The van der Waals surface area contributed by atoms with Crippen LogP contribution in [-0.4, -0.2) is 41.2 Å². The van der Waals surface area contributed by atoms with E-state index in [1.807, 2.05) is 0 Å². The predicted molar refractivity (Wildman–Crippen MR) is 108 cm³/mol. The van der Waals surface area contributed by atoms with E-state index in [1.165, 1.54) is 24.3 Å². The number of nitrogens with one attached hydrogen (secondary N) is 1. The Hall–Kier alpha value is -3.74. The summed E-state index contributed by atoms with van der Waals surface area (Å²) in [4.78, 5) is 51.3. The number of amides is 3. The maximum Gasteiger partial charge on any atom is 0.339 e. The molecule has 7 nitrogen and oxygen atoms in total. The van der Waals surface area contributed by atoms with Crippen molar-refractivity contribution in [1.29, 1.82) is 0 Å². The minimum Gasteiger partial charge on any atom is -0.444 e. The standard InChI is InChI=1S/C23H20N2O5/c1-2-12-25-21(27)17-11-8-15(13-18(17)22(25)28)23(29)30-19(14-6-4-3-5-7-14)20(26)24-16-9-10-16/h2-8,11,13,16,19H,1,9-10,12H2,(H,24,26)/t19-/m0/s1. The Labute approximate surface area is 173 Å². The minimum atomic E-state index is -1.11. The molecule has 0 unspecified atom stereocenters. The van der Waals surface area contributed by atoms with Crippen LogP contribution >= 0.6 is 0 Å². The van der Waals surface area contributed by atoms with Crippen LogP contribution in [0.25, 0.3) is 0 Å². The Morgan fingerprint density at radius 2 is 1.80 bits per heavy atom. The molecule has 1 saturated carbocycles. The summed E-state index contributed by atoms with van der Waals surface area (Å²) in [6, 6.07) is 13.0. The van der Waals surface area contributed by atoms with E-state index in [-0.39, 0.29) is 35.2 Å². The first kappa shape index (κ1) is 19.6. The third-order valence-corrected chi connectivity index (χ3v) is 5.01. The van der Waals surface area contributed by atoms with Gasteiger partial charge in [0.15, 0.2) is 0 Å². The molecule has 0 saturated heterocycles. The van der Waals surface area contributed by atoms with Crippen molar-refractivity contribution in [3.8, 4) is 0 Å². The Morgan fingerprint density at radius 3 is 2.47 bits per heavy atom. The quantitative estimate of drug-likeness (QED) is 0.435. The van der Waals surface area contributed by atoms with E-state index in [0.29, 0.717) is 5.56 Å². The topological polar surface area (TPSA) is 92.8 Å². The lowest BCUT2D eigenvalue weighted by atomic mass is 10.1. The molecule has 7 heteroatoms. The second kappa shape index (κ2) is 7.94. The Morgan fingerprint density at radius 1 is 1.10 bits per heavy atom. The maximum absolute atomic E-state index is 12.8. The number of carbonyl (C=O) groups is 4. The molecule has 4 rings (SSSR count). The first-order valence-corrected chi connectivity index (χ1v) is 9.67. The lowest BCUT2D eigenvalue weighted by Crippen LogP contribution is -2.33. The molecule has 2 aliphatic rings. The molecule has 2 aromatic rings. The van der Waals surface area contributed by atoms with E-state index in [9.17, 15) is 19.2 Å². The summed E-state index contributed by atoms with van der Waals surface area (Å²) < 4.78 is 5.53. The summed E-state index contributed by atoms with van der Waals surface area (Å²) >= 11 is 0. The zero-order valence-electron chi connectivity index (χ0n) is 16.2. The molecule has 30 heavy (non-hydrogen) atoms. The fraction of sp³-hybridized carbons (Fsp3) is 0.217. The number of fused-ring (bicyclic) bond motifs is 1. The highest BCUT2D eigenvalue weighted by Crippen LogP contribution is 2.27. The molecule has 1 aliphatic heterocycles. The lowest BCUT2D eigenvalue weighted by molar-refractivity contribution is -0.130. The second-order valence-electron chi connectivity index (χ2n) is 7.25. The van der Waals surface area contributed by atoms with Gasteiger partial charge in [0.1, 0.15) is 0 Å². The number of esters is 1. The van der Waals surface area contributed by atoms with Crippen LogP contribution in [0.1, 0.15) is 55.6 Å². The zero-order chi connectivity index (χ0) is 21.3. The van der Waals surface area contributed by atoms with Crippen LogP contribution in [0.15, 0.2) is 61.2 Å². The Kier molecular flexibility index (Phi) is 5.18. The van der Waals surface area contributed by atoms with Crippen molar-refractivity contribution >= 4 is 23.7 Å². The third kappa shape index (κ3) is 3.74. The summed E-state index contributed by atoms with van der Waals surface area (Å²) in [5.74, 6) is -2.06. The first-order valence-electron chi connectivity index (χ1n) is 9.67. The number of hydrogen-bond acceptors (Lipinski definition) is 5. The van der Waals surface area contributed by atoms with E-state index in [4.69, 9.17) is 4.74 Å². The van der Waals surface area contributed by atoms with Gasteiger partial charge in [-0.15, -0.1) is 6.58 Å². The number of nitrogens with zero attached hydrogens (tertiary/aromatic N) is 1. The SMILES string of the molecule is C=CCN1C(=O)c2ccc(C(=O)O[C@H](C(=O)NC3CC3)c3ccccc3)cc2C1=O. The molecule has 152 valence electrons. The first-order chi connectivity index (χ1) is 14.5. The molecule has 1 atom stereocenters. The molecule has 1 fully saturated rings. The largest absolute Gasteiger partial charge is 0.444 e. The highest BCUT2D eigenvalue weighted by Gasteiger charge is 2.36. The average Bonchev–Trinajstić information content (AvgIpc) is 3.55. The van der Waals surface area contributed by atoms with Crippen LogP contribution in [0.3, 0.4) is 0 Å². The van der Waals surface area contributed by atoms with Gasteiger partial charge in [-0.05, 0) is 31.0 Å². The third-order valence-electron chi connectivity index (χ3n) is 5.01. The zero-order valence-corrected chi connectivity index (χ0v) is 16.2. The van der Waals surface area contributed by atoms with Crippen LogP contribution in [0.5, 0.6) is 0 Å². The smallest absolute Gasteiger partial charge is 0.339 e. The van der Waals surface area contributed by atoms with Gasteiger partial charge in [0.25, 0.3) is 17.7 Å². The molecule has 0 bridgehead atoms. The van der Waals surface area contributed by atoms with Gasteiger partial charge in [0.2, 0.25) is 6.10 Å². The predicted octanol–water partition coefficient (Wildman–Crippen LogP) is 2.65. The van der Waals surface area contributed by atoms with Crippen molar-refractivity contribution in [2.75, 3.05) is 6.54 Å². The van der Waals surface area contributed by atoms with Gasteiger partial charge >= 0.3 is 5.97 Å². The summed E-state index contributed by atoms with van der Waals surface area (Å²) in [6.45, 7) is 3.63. The normalized spacial score (nSPS) is 16.1. The molecule has 1 heterocycles. The fourth-order valence-electron chi connectivity index (χ4n) is 3.29. The van der Waals surface area contributed by atoms with Crippen LogP contribution in [0, 0.1) is 0 Å². The molecule has 0 radical (unpaired) electrons. The van der Waals surface area contributed by atoms with Gasteiger partial charge in [-0.25, -0.2) is 4.79 Å². The monoisotopic (exact) mass is 404 g/mol. The molecular weight excluding hydrogens is 384 g/mol. The molecular formula is C23H20N2O5. The Balaban J connectivity index is 1.58. The van der Waals surface area contributed by atoms with E-state index in [1.54, 1.807) is 30.3 Å². The fourth-order valence-corrected chi connectivity index (χ4v) is 3.29. The number of imide groups is 1. The van der Waals surface area contributed by atoms with Gasteiger partial charge in [-0.3, -0.25) is 19.3 Å². The maximum atomic E-state index is 12.8. The number of rotatable bonds is 7.